The zero-order valence-electron chi connectivity index (χ0n) is 38.3. The van der Waals surface area contributed by atoms with Crippen LogP contribution in [-0.4, -0.2) is 162 Å². The molecule has 4 rings (SSSR count). The summed E-state index contributed by atoms with van der Waals surface area (Å²) in [5.41, 5.74) is 15.2. The molecular weight excluding hydrogens is 845 g/mol. The van der Waals surface area contributed by atoms with Crippen LogP contribution in [0.2, 0.25) is 0 Å². The number of aryl methyl sites for hydroxylation is 1. The number of nitrogen functional groups attached to an aromatic ring is 2. The topological polar surface area (TPSA) is 274 Å². The molecule has 0 unspecified atom stereocenters. The third-order valence-corrected chi connectivity index (χ3v) is 8.61. The fourth-order valence-corrected chi connectivity index (χ4v) is 5.45. The standard InChI is InChI=1S/C26H46N2O10.C14H13N7O.C4H11N/c1-2-3-4-6-25(30)27-8-13-34-17-21-37-20-16-33-12-7-26(31)28-9-14-35-18-22-38-24-23-36-19-15-32-11-5-10-29;1-2-21-13-10(12(15)17-6-18-13)11(20-21)7-3-4-9-8(5-7)19-14(16)22-9;1-3-4-5-2/h1,10H,3-9,11-24H2,(H,27,30)(H,28,31);3-6H,2H2,1H3,(H2,16,19)(H2,15,17,18);5H,3-4H2,1-2H3. The third kappa shape index (κ3) is 25.1. The maximum absolute atomic E-state index is 11.8. The van der Waals surface area contributed by atoms with Crippen LogP contribution in [0.3, 0.4) is 0 Å². The van der Waals surface area contributed by atoms with Gasteiger partial charge < -0.3 is 69.8 Å². The highest BCUT2D eigenvalue weighted by Gasteiger charge is 2.17. The number of terminal acetylenes is 1. The van der Waals surface area contributed by atoms with E-state index in [2.05, 4.69) is 48.8 Å². The quantitative estimate of drug-likeness (QED) is 0.0256. The lowest BCUT2D eigenvalue weighted by atomic mass is 10.1. The lowest BCUT2D eigenvalue weighted by molar-refractivity contribution is -0.123. The maximum atomic E-state index is 11.8. The number of carbonyl (C=O) groups excluding carboxylic acids is 3. The summed E-state index contributed by atoms with van der Waals surface area (Å²) in [7, 11) is 1.96. The average molecular weight is 915 g/mol. The summed E-state index contributed by atoms with van der Waals surface area (Å²) in [6.45, 7) is 12.8. The number of nitrogens with zero attached hydrogens (tertiary/aromatic N) is 5. The lowest BCUT2D eigenvalue weighted by Crippen LogP contribution is -2.28. The Balaban J connectivity index is 0.000000444. The van der Waals surface area contributed by atoms with E-state index in [4.69, 9.17) is 55.5 Å². The summed E-state index contributed by atoms with van der Waals surface area (Å²) in [4.78, 5) is 45.8. The molecule has 0 aliphatic carbocycles. The first-order chi connectivity index (χ1) is 31.8. The van der Waals surface area contributed by atoms with E-state index in [1.54, 1.807) is 4.68 Å². The van der Waals surface area contributed by atoms with Gasteiger partial charge in [-0.1, -0.05) is 6.92 Å². The predicted molar refractivity (Wildman–Crippen MR) is 247 cm³/mol. The van der Waals surface area contributed by atoms with Gasteiger partial charge in [-0.2, -0.15) is 10.1 Å². The van der Waals surface area contributed by atoms with Crippen LogP contribution in [0.25, 0.3) is 33.4 Å². The van der Waals surface area contributed by atoms with E-state index in [0.29, 0.717) is 160 Å². The SMILES string of the molecule is C#CCCCC(=O)NCCOCCOCCOCCC(=O)NCCOCCOCCOCCOCCC=O.CCCNC.CCn1nc(-c2ccc3oc(N)nc3c2)c2c(N)ncnc21. The highest BCUT2D eigenvalue weighted by Crippen LogP contribution is 2.32. The maximum Gasteiger partial charge on any atom is 0.292 e. The number of ether oxygens (including phenoxy) is 7. The van der Waals surface area contributed by atoms with E-state index >= 15 is 0 Å². The molecular formula is C44H70N10O11. The summed E-state index contributed by atoms with van der Waals surface area (Å²) >= 11 is 0. The first kappa shape index (κ1) is 55.8. The number of hydrogen-bond donors (Lipinski definition) is 5. The second kappa shape index (κ2) is 37.0. The van der Waals surface area contributed by atoms with Crippen LogP contribution >= 0.6 is 0 Å². The Morgan fingerprint density at radius 1 is 0.785 bits per heavy atom. The van der Waals surface area contributed by atoms with Gasteiger partial charge in [0.15, 0.2) is 11.2 Å². The number of anilines is 2. The second-order valence-electron chi connectivity index (χ2n) is 13.7. The minimum atomic E-state index is -0.102. The van der Waals surface area contributed by atoms with Crippen LogP contribution in [0.4, 0.5) is 11.8 Å². The molecule has 7 N–H and O–H groups in total. The molecule has 0 radical (unpaired) electrons. The van der Waals surface area contributed by atoms with Crippen molar-refractivity contribution >= 4 is 52.1 Å². The molecule has 0 saturated heterocycles. The first-order valence-electron chi connectivity index (χ1n) is 22.0. The number of fused-ring (bicyclic) bond motifs is 2. The third-order valence-electron chi connectivity index (χ3n) is 8.61. The minimum Gasteiger partial charge on any atom is -0.424 e. The summed E-state index contributed by atoms with van der Waals surface area (Å²) in [5.74, 6) is 2.78. The molecule has 0 spiro atoms. The first-order valence-corrected chi connectivity index (χ1v) is 22.0. The van der Waals surface area contributed by atoms with Gasteiger partial charge in [0, 0.05) is 50.9 Å². The Labute approximate surface area is 381 Å². The van der Waals surface area contributed by atoms with Crippen molar-refractivity contribution in [3.05, 3.63) is 24.5 Å². The molecule has 362 valence electrons. The molecule has 0 bridgehead atoms. The molecule has 2 amide bonds. The highest BCUT2D eigenvalue weighted by atomic mass is 16.6. The normalized spacial score (nSPS) is 10.8. The molecule has 0 atom stereocenters. The summed E-state index contributed by atoms with van der Waals surface area (Å²) in [6, 6.07) is 5.70. The fraction of sp³-hybridized carbons (Fsp3) is 0.614. The zero-order valence-corrected chi connectivity index (χ0v) is 38.3. The monoisotopic (exact) mass is 915 g/mol. The van der Waals surface area contributed by atoms with E-state index in [-0.39, 0.29) is 24.2 Å². The van der Waals surface area contributed by atoms with Crippen molar-refractivity contribution in [1.82, 2.24) is 40.7 Å². The van der Waals surface area contributed by atoms with Crippen LogP contribution in [0.1, 0.15) is 52.4 Å². The van der Waals surface area contributed by atoms with Gasteiger partial charge in [-0.25, -0.2) is 14.6 Å². The number of nitrogens with two attached hydrogens (primary N) is 2. The van der Waals surface area contributed by atoms with Gasteiger partial charge >= 0.3 is 0 Å². The average Bonchev–Trinajstić information content (AvgIpc) is 3.88. The molecule has 4 aromatic rings. The number of aldehydes is 1. The number of unbranched alkanes of at least 4 members (excludes halogenated alkanes) is 1. The number of nitrogens with one attached hydrogen (secondary N) is 3. The number of rotatable bonds is 34. The lowest BCUT2D eigenvalue weighted by Gasteiger charge is -2.09. The molecule has 65 heavy (non-hydrogen) atoms. The van der Waals surface area contributed by atoms with Crippen LogP contribution in [-0.2, 0) is 54.1 Å². The van der Waals surface area contributed by atoms with Gasteiger partial charge in [0.2, 0.25) is 11.8 Å². The molecule has 21 nitrogen and oxygen atoms in total. The van der Waals surface area contributed by atoms with Crippen LogP contribution < -0.4 is 27.4 Å². The van der Waals surface area contributed by atoms with Crippen LogP contribution in [0, 0.1) is 12.3 Å². The summed E-state index contributed by atoms with van der Waals surface area (Å²) in [5, 5.41) is 13.9. The van der Waals surface area contributed by atoms with Gasteiger partial charge in [0.1, 0.15) is 29.6 Å². The van der Waals surface area contributed by atoms with E-state index in [1.165, 1.54) is 12.7 Å². The molecule has 3 aromatic heterocycles. The number of amides is 2. The summed E-state index contributed by atoms with van der Waals surface area (Å²) < 4.78 is 44.5. The number of benzene rings is 1. The molecule has 21 heteroatoms. The van der Waals surface area contributed by atoms with E-state index in [9.17, 15) is 14.4 Å². The molecule has 0 fully saturated rings. The van der Waals surface area contributed by atoms with Gasteiger partial charge in [-0.3, -0.25) is 9.59 Å². The molecule has 1 aromatic carbocycles. The van der Waals surface area contributed by atoms with Gasteiger partial charge in [-0.05, 0) is 51.6 Å². The number of oxazole rings is 1. The smallest absolute Gasteiger partial charge is 0.292 e. The Morgan fingerprint density at radius 3 is 1.89 bits per heavy atom. The predicted octanol–water partition coefficient (Wildman–Crippen LogP) is 2.55. The largest absolute Gasteiger partial charge is 0.424 e. The molecule has 0 aliphatic rings. The second-order valence-corrected chi connectivity index (χ2v) is 13.7. The van der Waals surface area contributed by atoms with Crippen molar-refractivity contribution in [1.29, 1.82) is 0 Å². The Kier molecular flexibility index (Phi) is 31.7. The van der Waals surface area contributed by atoms with Gasteiger partial charge in [0.05, 0.1) is 97.9 Å². The van der Waals surface area contributed by atoms with Crippen LogP contribution in [0.15, 0.2) is 28.9 Å². The van der Waals surface area contributed by atoms with Gasteiger partial charge in [-0.15, -0.1) is 12.3 Å². The molecule has 3 heterocycles. The van der Waals surface area contributed by atoms with E-state index in [1.807, 2.05) is 32.2 Å². The van der Waals surface area contributed by atoms with E-state index in [0.717, 1.165) is 29.5 Å². The zero-order chi connectivity index (χ0) is 47.2. The Morgan fingerprint density at radius 2 is 1.35 bits per heavy atom. The molecule has 0 aliphatic heterocycles. The number of aromatic nitrogens is 5. The highest BCUT2D eigenvalue weighted by molar-refractivity contribution is 5.99. The van der Waals surface area contributed by atoms with Crippen molar-refractivity contribution < 1.29 is 52.0 Å². The van der Waals surface area contributed by atoms with Gasteiger partial charge in [0.25, 0.3) is 6.01 Å². The summed E-state index contributed by atoms with van der Waals surface area (Å²) in [6.07, 6.45) is 11.0. The number of carbonyl (C=O) groups is 3. The fourth-order valence-electron chi connectivity index (χ4n) is 5.45. The minimum absolute atomic E-state index is 0.0220. The van der Waals surface area contributed by atoms with Crippen molar-refractivity contribution in [2.24, 2.45) is 0 Å². The van der Waals surface area contributed by atoms with Crippen molar-refractivity contribution in [3.8, 4) is 23.6 Å². The molecule has 0 saturated carbocycles. The van der Waals surface area contributed by atoms with Crippen LogP contribution in [0.5, 0.6) is 0 Å². The number of hydrogen-bond acceptors (Lipinski definition) is 18. The Bertz CT molecular complexity index is 1920. The Hall–Kier alpha value is -5.31. The van der Waals surface area contributed by atoms with Crippen molar-refractivity contribution in [2.75, 3.05) is 131 Å². The van der Waals surface area contributed by atoms with Crippen molar-refractivity contribution in [3.63, 3.8) is 0 Å². The van der Waals surface area contributed by atoms with E-state index < -0.39 is 0 Å². The van der Waals surface area contributed by atoms with Crippen molar-refractivity contribution in [2.45, 2.75) is 58.9 Å².